The first-order valence-electron chi connectivity index (χ1n) is 6.48. The van der Waals surface area contributed by atoms with E-state index in [0.717, 1.165) is 25.0 Å². The summed E-state index contributed by atoms with van der Waals surface area (Å²) in [5, 5.41) is 7.30. The highest BCUT2D eigenvalue weighted by molar-refractivity contribution is 5.80. The van der Waals surface area contributed by atoms with Crippen molar-refractivity contribution in [2.24, 2.45) is 7.05 Å². The molecule has 0 saturated carbocycles. The molecule has 100 valence electrons. The summed E-state index contributed by atoms with van der Waals surface area (Å²) in [4.78, 5) is 11.8. The lowest BCUT2D eigenvalue weighted by atomic mass is 10.1. The molecule has 0 aliphatic carbocycles. The van der Waals surface area contributed by atoms with Crippen molar-refractivity contribution in [3.8, 4) is 0 Å². The quantitative estimate of drug-likeness (QED) is 0.864. The Labute approximate surface area is 108 Å². The largest absolute Gasteiger partial charge is 0.368 e. The van der Waals surface area contributed by atoms with Crippen molar-refractivity contribution < 1.29 is 9.53 Å². The van der Waals surface area contributed by atoms with Crippen LogP contribution in [0, 0.1) is 13.8 Å². The van der Waals surface area contributed by atoms with E-state index in [4.69, 9.17) is 4.74 Å². The summed E-state index contributed by atoms with van der Waals surface area (Å²) in [5.74, 6) is 0.0201. The number of ether oxygens (including phenoxy) is 1. The highest BCUT2D eigenvalue weighted by atomic mass is 16.5. The van der Waals surface area contributed by atoms with E-state index in [1.165, 1.54) is 11.3 Å². The predicted octanol–water partition coefficient (Wildman–Crippen LogP) is 0.875. The van der Waals surface area contributed by atoms with Crippen LogP contribution >= 0.6 is 0 Å². The molecule has 1 fully saturated rings. The Morgan fingerprint density at radius 1 is 1.56 bits per heavy atom. The third-order valence-electron chi connectivity index (χ3n) is 3.56. The zero-order valence-corrected chi connectivity index (χ0v) is 11.3. The number of aryl methyl sites for hydroxylation is 2. The second-order valence-corrected chi connectivity index (χ2v) is 4.82. The van der Waals surface area contributed by atoms with Gasteiger partial charge in [0.2, 0.25) is 5.91 Å². The number of nitrogens with zero attached hydrogens (tertiary/aromatic N) is 2. The minimum atomic E-state index is -0.235. The number of amides is 1. The first-order valence-corrected chi connectivity index (χ1v) is 6.48. The maximum Gasteiger partial charge on any atom is 0.249 e. The Balaban J connectivity index is 1.83. The van der Waals surface area contributed by atoms with Crippen LogP contribution in [-0.2, 0) is 23.0 Å². The lowest BCUT2D eigenvalue weighted by Crippen LogP contribution is -2.35. The fraction of sp³-hybridized carbons (Fsp3) is 0.692. The number of carbonyl (C=O) groups excluding carboxylic acids is 1. The summed E-state index contributed by atoms with van der Waals surface area (Å²) in [6.45, 7) is 5.41. The molecule has 1 atom stereocenters. The highest BCUT2D eigenvalue weighted by Crippen LogP contribution is 2.13. The van der Waals surface area contributed by atoms with E-state index in [0.29, 0.717) is 13.2 Å². The first-order chi connectivity index (χ1) is 8.59. The van der Waals surface area contributed by atoms with Crippen LogP contribution in [0.2, 0.25) is 0 Å². The lowest BCUT2D eigenvalue weighted by molar-refractivity contribution is -0.129. The molecule has 2 rings (SSSR count). The van der Waals surface area contributed by atoms with Gasteiger partial charge in [0.1, 0.15) is 6.10 Å². The van der Waals surface area contributed by atoms with Crippen molar-refractivity contribution in [2.75, 3.05) is 13.2 Å². The number of aromatic nitrogens is 2. The van der Waals surface area contributed by atoms with E-state index >= 15 is 0 Å². The van der Waals surface area contributed by atoms with Gasteiger partial charge in [-0.15, -0.1) is 0 Å². The minimum absolute atomic E-state index is 0.0201. The van der Waals surface area contributed by atoms with Gasteiger partial charge in [0.05, 0.1) is 5.69 Å². The maximum atomic E-state index is 11.8. The Hall–Kier alpha value is -1.36. The Morgan fingerprint density at radius 3 is 2.89 bits per heavy atom. The number of hydrogen-bond donors (Lipinski definition) is 1. The van der Waals surface area contributed by atoms with Crippen molar-refractivity contribution in [3.63, 3.8) is 0 Å². The molecule has 1 aliphatic heterocycles. The van der Waals surface area contributed by atoms with Gasteiger partial charge in [-0.25, -0.2) is 0 Å². The van der Waals surface area contributed by atoms with Crippen molar-refractivity contribution in [3.05, 3.63) is 17.0 Å². The Bertz CT molecular complexity index is 434. The topological polar surface area (TPSA) is 56.2 Å². The van der Waals surface area contributed by atoms with Crippen LogP contribution in [0.3, 0.4) is 0 Å². The summed E-state index contributed by atoms with van der Waals surface area (Å²) in [6, 6.07) is 0. The smallest absolute Gasteiger partial charge is 0.249 e. The van der Waals surface area contributed by atoms with E-state index in [1.54, 1.807) is 0 Å². The molecule has 0 spiro atoms. The van der Waals surface area contributed by atoms with E-state index < -0.39 is 0 Å². The van der Waals surface area contributed by atoms with E-state index in [9.17, 15) is 4.79 Å². The molecule has 5 heteroatoms. The number of rotatable bonds is 4. The third-order valence-corrected chi connectivity index (χ3v) is 3.56. The lowest BCUT2D eigenvalue weighted by Gasteiger charge is -2.10. The summed E-state index contributed by atoms with van der Waals surface area (Å²) in [7, 11) is 1.94. The molecule has 0 radical (unpaired) electrons. The van der Waals surface area contributed by atoms with Gasteiger partial charge >= 0.3 is 0 Å². The average molecular weight is 251 g/mol. The van der Waals surface area contributed by atoms with Crippen LogP contribution in [0.4, 0.5) is 0 Å². The van der Waals surface area contributed by atoms with Gasteiger partial charge < -0.3 is 10.1 Å². The van der Waals surface area contributed by atoms with Crippen LogP contribution in [0.1, 0.15) is 29.8 Å². The fourth-order valence-electron chi connectivity index (χ4n) is 2.39. The van der Waals surface area contributed by atoms with Crippen LogP contribution < -0.4 is 5.32 Å². The molecule has 1 saturated heterocycles. The molecule has 1 aromatic heterocycles. The number of hydrogen-bond acceptors (Lipinski definition) is 3. The zero-order chi connectivity index (χ0) is 13.1. The van der Waals surface area contributed by atoms with E-state index in [-0.39, 0.29) is 12.0 Å². The SMILES string of the molecule is Cc1nn(C)c(C)c1CCNC(=O)C1CCCO1. The van der Waals surface area contributed by atoms with Crippen LogP contribution in [-0.4, -0.2) is 34.9 Å². The highest BCUT2D eigenvalue weighted by Gasteiger charge is 2.23. The van der Waals surface area contributed by atoms with Crippen LogP contribution in [0.15, 0.2) is 0 Å². The second kappa shape index (κ2) is 5.52. The van der Waals surface area contributed by atoms with Crippen LogP contribution in [0.5, 0.6) is 0 Å². The molecule has 1 unspecified atom stereocenters. The molecular formula is C13H21N3O2. The summed E-state index contributed by atoms with van der Waals surface area (Å²) < 4.78 is 7.22. The average Bonchev–Trinajstić information content (AvgIpc) is 2.93. The first kappa shape index (κ1) is 13.1. The minimum Gasteiger partial charge on any atom is -0.368 e. The predicted molar refractivity (Wildman–Crippen MR) is 68.4 cm³/mol. The molecule has 1 N–H and O–H groups in total. The van der Waals surface area contributed by atoms with Gasteiger partial charge in [-0.2, -0.15) is 5.10 Å². The Morgan fingerprint density at radius 2 is 2.33 bits per heavy atom. The molecule has 5 nitrogen and oxygen atoms in total. The van der Waals surface area contributed by atoms with Gasteiger partial charge in [-0.3, -0.25) is 9.48 Å². The van der Waals surface area contributed by atoms with Gasteiger partial charge in [-0.1, -0.05) is 0 Å². The molecule has 1 amide bonds. The fourth-order valence-corrected chi connectivity index (χ4v) is 2.39. The molecule has 1 aromatic rings. The number of carbonyl (C=O) groups is 1. The van der Waals surface area contributed by atoms with Gasteiger partial charge in [-0.05, 0) is 38.7 Å². The second-order valence-electron chi connectivity index (χ2n) is 4.82. The molecule has 0 aromatic carbocycles. The van der Waals surface area contributed by atoms with Crippen LogP contribution in [0.25, 0.3) is 0 Å². The summed E-state index contributed by atoms with van der Waals surface area (Å²) >= 11 is 0. The standard InChI is InChI=1S/C13H21N3O2/c1-9-11(10(2)16(3)15-9)6-7-14-13(17)12-5-4-8-18-12/h12H,4-8H2,1-3H3,(H,14,17). The molecule has 0 bridgehead atoms. The number of nitrogens with one attached hydrogen (secondary N) is 1. The maximum absolute atomic E-state index is 11.8. The zero-order valence-electron chi connectivity index (χ0n) is 11.3. The Kier molecular flexibility index (Phi) is 4.01. The van der Waals surface area contributed by atoms with Crippen molar-refractivity contribution >= 4 is 5.91 Å². The normalized spacial score (nSPS) is 19.2. The van der Waals surface area contributed by atoms with Gasteiger partial charge in [0.25, 0.3) is 0 Å². The summed E-state index contributed by atoms with van der Waals surface area (Å²) in [6.07, 6.45) is 2.42. The summed E-state index contributed by atoms with van der Waals surface area (Å²) in [5.41, 5.74) is 3.44. The molecule has 1 aliphatic rings. The third kappa shape index (κ3) is 2.72. The van der Waals surface area contributed by atoms with Crippen molar-refractivity contribution in [2.45, 2.75) is 39.2 Å². The molecule has 18 heavy (non-hydrogen) atoms. The van der Waals surface area contributed by atoms with Crippen molar-refractivity contribution in [1.29, 1.82) is 0 Å². The molecule has 2 heterocycles. The molecular weight excluding hydrogens is 230 g/mol. The van der Waals surface area contributed by atoms with E-state index in [1.807, 2.05) is 18.7 Å². The monoisotopic (exact) mass is 251 g/mol. The van der Waals surface area contributed by atoms with Gasteiger partial charge in [0, 0.05) is 25.9 Å². The van der Waals surface area contributed by atoms with E-state index in [2.05, 4.69) is 17.3 Å². The van der Waals surface area contributed by atoms with Crippen molar-refractivity contribution in [1.82, 2.24) is 15.1 Å². The van der Waals surface area contributed by atoms with Gasteiger partial charge in [0.15, 0.2) is 0 Å².